The zero-order valence-corrected chi connectivity index (χ0v) is 29.4. The highest BCUT2D eigenvalue weighted by atomic mass is 16.3. The third-order valence-electron chi connectivity index (χ3n) is 9.60. The second-order valence-corrected chi connectivity index (χ2v) is 13.2. The number of fused-ring (bicyclic) bond motifs is 3. The maximum atomic E-state index is 6.41. The van der Waals surface area contributed by atoms with Crippen LogP contribution in [0.1, 0.15) is 0 Å². The predicted octanol–water partition coefficient (Wildman–Crippen LogP) is 11.6. The predicted molar refractivity (Wildman–Crippen MR) is 219 cm³/mol. The highest BCUT2D eigenvalue weighted by molar-refractivity contribution is 6.07. The average molecular weight is 707 g/mol. The van der Waals surface area contributed by atoms with Gasteiger partial charge in [0.1, 0.15) is 11.2 Å². The molecule has 7 aromatic carbocycles. The highest BCUT2D eigenvalue weighted by Crippen LogP contribution is 2.36. The molecule has 3 aromatic heterocycles. The van der Waals surface area contributed by atoms with Crippen LogP contribution in [0.2, 0.25) is 0 Å². The van der Waals surface area contributed by atoms with E-state index < -0.39 is 0 Å². The summed E-state index contributed by atoms with van der Waals surface area (Å²) in [6, 6.07) is 60.8. The average Bonchev–Trinajstić information content (AvgIpc) is 3.64. The van der Waals surface area contributed by atoms with Crippen molar-refractivity contribution in [1.82, 2.24) is 29.9 Å². The fraction of sp³-hybridized carbons (Fsp3) is 0. The van der Waals surface area contributed by atoms with Gasteiger partial charge in [0.2, 0.25) is 0 Å². The van der Waals surface area contributed by atoms with E-state index in [1.807, 2.05) is 133 Å². The smallest absolute Gasteiger partial charge is 0.164 e. The van der Waals surface area contributed by atoms with Crippen LogP contribution in [-0.4, -0.2) is 29.9 Å². The van der Waals surface area contributed by atoms with Crippen LogP contribution in [0.15, 0.2) is 186 Å². The summed E-state index contributed by atoms with van der Waals surface area (Å²) in [6.07, 6.45) is 0. The van der Waals surface area contributed by atoms with Gasteiger partial charge in [0.25, 0.3) is 0 Å². The second-order valence-electron chi connectivity index (χ2n) is 13.2. The summed E-state index contributed by atoms with van der Waals surface area (Å²) in [6.45, 7) is 0. The van der Waals surface area contributed by atoms with Crippen LogP contribution >= 0.6 is 0 Å². The Morgan fingerprint density at radius 2 is 0.582 bits per heavy atom. The summed E-state index contributed by atoms with van der Waals surface area (Å²) in [7, 11) is 0. The standard InChI is InChI=1S/C48H30N6O/c1-5-13-32(14-6-1)43-49-44(33-15-7-2-8-16-33)52-47(51-43)36-23-21-31(22-24-36)37-25-27-39-40-29-38(26-28-41(40)55-42(39)30-37)48-53-45(34-17-9-3-10-18-34)50-46(54-48)35-19-11-4-12-20-35/h1-30H. The number of hydrogen-bond acceptors (Lipinski definition) is 7. The van der Waals surface area contributed by atoms with Gasteiger partial charge in [0.15, 0.2) is 34.9 Å². The van der Waals surface area contributed by atoms with Crippen LogP contribution in [0.4, 0.5) is 0 Å². The maximum Gasteiger partial charge on any atom is 0.164 e. The molecule has 0 fully saturated rings. The third kappa shape index (κ3) is 6.30. The highest BCUT2D eigenvalue weighted by Gasteiger charge is 2.16. The van der Waals surface area contributed by atoms with E-state index in [-0.39, 0.29) is 0 Å². The molecular weight excluding hydrogens is 677 g/mol. The minimum Gasteiger partial charge on any atom is -0.456 e. The molecule has 0 N–H and O–H groups in total. The molecule has 0 aliphatic rings. The van der Waals surface area contributed by atoms with Crippen molar-refractivity contribution in [2.45, 2.75) is 0 Å². The quantitative estimate of drug-likeness (QED) is 0.163. The number of nitrogens with zero attached hydrogens (tertiary/aromatic N) is 6. The van der Waals surface area contributed by atoms with Crippen LogP contribution < -0.4 is 0 Å². The van der Waals surface area contributed by atoms with Crippen LogP contribution in [0.5, 0.6) is 0 Å². The van der Waals surface area contributed by atoms with Gasteiger partial charge < -0.3 is 4.42 Å². The Morgan fingerprint density at radius 3 is 1.02 bits per heavy atom. The van der Waals surface area contributed by atoms with E-state index in [0.717, 1.165) is 66.4 Å². The zero-order chi connectivity index (χ0) is 36.6. The summed E-state index contributed by atoms with van der Waals surface area (Å²) >= 11 is 0. The molecule has 55 heavy (non-hydrogen) atoms. The number of furan rings is 1. The lowest BCUT2D eigenvalue weighted by Crippen LogP contribution is -2.00. The van der Waals surface area contributed by atoms with Crippen LogP contribution in [-0.2, 0) is 0 Å². The summed E-state index contributed by atoms with van der Waals surface area (Å²) in [5, 5.41) is 2.01. The van der Waals surface area contributed by atoms with Crippen molar-refractivity contribution < 1.29 is 4.42 Å². The largest absolute Gasteiger partial charge is 0.456 e. The Balaban J connectivity index is 0.994. The van der Waals surface area contributed by atoms with E-state index in [2.05, 4.69) is 48.5 Å². The van der Waals surface area contributed by atoms with Crippen LogP contribution in [0.25, 0.3) is 101 Å². The van der Waals surface area contributed by atoms with Gasteiger partial charge >= 0.3 is 0 Å². The Morgan fingerprint density at radius 1 is 0.236 bits per heavy atom. The Labute approximate surface area is 316 Å². The number of hydrogen-bond donors (Lipinski definition) is 0. The molecule has 0 saturated carbocycles. The number of aromatic nitrogens is 6. The van der Waals surface area contributed by atoms with Crippen LogP contribution in [0.3, 0.4) is 0 Å². The van der Waals surface area contributed by atoms with Crippen molar-refractivity contribution in [3.63, 3.8) is 0 Å². The molecule has 0 aliphatic carbocycles. The Kier molecular flexibility index (Phi) is 8.00. The summed E-state index contributed by atoms with van der Waals surface area (Å²) in [5.74, 6) is 3.74. The first-order chi connectivity index (χ1) is 27.2. The van der Waals surface area contributed by atoms with E-state index in [9.17, 15) is 0 Å². The zero-order valence-electron chi connectivity index (χ0n) is 29.4. The second kappa shape index (κ2) is 13.7. The Hall–Kier alpha value is -7.64. The minimum atomic E-state index is 0.602. The molecule has 0 amide bonds. The van der Waals surface area contributed by atoms with Gasteiger partial charge in [-0.25, -0.2) is 29.9 Å². The van der Waals surface area contributed by atoms with Crippen molar-refractivity contribution in [2.75, 3.05) is 0 Å². The number of rotatable bonds is 7. The van der Waals surface area contributed by atoms with Gasteiger partial charge in [-0.1, -0.05) is 152 Å². The van der Waals surface area contributed by atoms with E-state index in [0.29, 0.717) is 34.9 Å². The normalized spacial score (nSPS) is 11.3. The van der Waals surface area contributed by atoms with Gasteiger partial charge in [0, 0.05) is 44.2 Å². The molecule has 0 radical (unpaired) electrons. The molecule has 0 saturated heterocycles. The molecule has 10 rings (SSSR count). The van der Waals surface area contributed by atoms with E-state index in [1.165, 1.54) is 0 Å². The molecule has 3 heterocycles. The number of benzene rings is 7. The lowest BCUT2D eigenvalue weighted by atomic mass is 10.0. The topological polar surface area (TPSA) is 90.5 Å². The first-order valence-electron chi connectivity index (χ1n) is 18.0. The van der Waals surface area contributed by atoms with Crippen molar-refractivity contribution in [1.29, 1.82) is 0 Å². The molecule has 0 bridgehead atoms. The molecule has 7 nitrogen and oxygen atoms in total. The van der Waals surface area contributed by atoms with Gasteiger partial charge in [-0.05, 0) is 41.5 Å². The minimum absolute atomic E-state index is 0.602. The Bertz CT molecular complexity index is 2840. The van der Waals surface area contributed by atoms with Crippen molar-refractivity contribution >= 4 is 21.9 Å². The summed E-state index contributed by atoms with van der Waals surface area (Å²) in [5.41, 5.74) is 9.23. The molecule has 258 valence electrons. The third-order valence-corrected chi connectivity index (χ3v) is 9.60. The van der Waals surface area contributed by atoms with Gasteiger partial charge in [-0.15, -0.1) is 0 Å². The molecule has 0 spiro atoms. The molecule has 0 atom stereocenters. The SMILES string of the molecule is c1ccc(-c2nc(-c3ccccc3)nc(-c3ccc(-c4ccc5c(c4)oc4ccc(-c6nc(-c7ccccc7)nc(-c7ccccc7)n6)cc45)cc3)n2)cc1. The molecule has 0 aliphatic heterocycles. The van der Waals surface area contributed by atoms with E-state index in [4.69, 9.17) is 34.3 Å². The first kappa shape index (κ1) is 32.0. The van der Waals surface area contributed by atoms with Crippen molar-refractivity contribution in [3.8, 4) is 79.5 Å². The van der Waals surface area contributed by atoms with Crippen molar-refractivity contribution in [2.24, 2.45) is 0 Å². The fourth-order valence-electron chi connectivity index (χ4n) is 6.78. The molecular formula is C48H30N6O. The first-order valence-corrected chi connectivity index (χ1v) is 18.0. The fourth-order valence-corrected chi connectivity index (χ4v) is 6.78. The lowest BCUT2D eigenvalue weighted by Gasteiger charge is -2.09. The summed E-state index contributed by atoms with van der Waals surface area (Å²) < 4.78 is 6.41. The maximum absolute atomic E-state index is 6.41. The van der Waals surface area contributed by atoms with Gasteiger partial charge in [-0.3, -0.25) is 0 Å². The lowest BCUT2D eigenvalue weighted by molar-refractivity contribution is 0.669. The van der Waals surface area contributed by atoms with Gasteiger partial charge in [0.05, 0.1) is 0 Å². The summed E-state index contributed by atoms with van der Waals surface area (Å²) in [4.78, 5) is 29.3. The van der Waals surface area contributed by atoms with Crippen LogP contribution in [0, 0.1) is 0 Å². The van der Waals surface area contributed by atoms with E-state index in [1.54, 1.807) is 0 Å². The monoisotopic (exact) mass is 706 g/mol. The molecule has 7 heteroatoms. The van der Waals surface area contributed by atoms with Gasteiger partial charge in [-0.2, -0.15) is 0 Å². The molecule has 0 unspecified atom stereocenters. The molecule has 10 aromatic rings. The van der Waals surface area contributed by atoms with E-state index >= 15 is 0 Å². The van der Waals surface area contributed by atoms with Crippen molar-refractivity contribution in [3.05, 3.63) is 182 Å².